The average molecular weight is 283 g/mol. The average Bonchev–Trinajstić information content (AvgIpc) is 2.41. The molecule has 1 aliphatic rings. The van der Waals surface area contributed by atoms with E-state index in [1.807, 2.05) is 0 Å². The predicted molar refractivity (Wildman–Crippen MR) is 72.5 cm³/mol. The van der Waals surface area contributed by atoms with Crippen LogP contribution in [0, 0.1) is 10.1 Å². The van der Waals surface area contributed by atoms with Crippen LogP contribution in [0.3, 0.4) is 0 Å². The number of hydrogen-bond donors (Lipinski definition) is 1. The number of nitrogens with one attached hydrogen (secondary N) is 1. The SMILES string of the molecule is O=C(NC1CCCCC1Cl)c1ccc([N+](=O)[O-])cc1. The summed E-state index contributed by atoms with van der Waals surface area (Å²) in [6.45, 7) is 0. The highest BCUT2D eigenvalue weighted by Crippen LogP contribution is 2.23. The molecule has 1 saturated carbocycles. The molecule has 1 aromatic carbocycles. The molecular formula is C13H15ClN2O3. The van der Waals surface area contributed by atoms with Crippen molar-refractivity contribution in [2.24, 2.45) is 0 Å². The van der Waals surface area contributed by atoms with E-state index in [4.69, 9.17) is 11.6 Å². The van der Waals surface area contributed by atoms with Crippen LogP contribution in [0.15, 0.2) is 24.3 Å². The first-order valence-electron chi connectivity index (χ1n) is 6.27. The number of non-ortho nitro benzene ring substituents is 1. The molecule has 0 spiro atoms. The van der Waals surface area contributed by atoms with Crippen molar-refractivity contribution in [1.29, 1.82) is 0 Å². The van der Waals surface area contributed by atoms with E-state index in [2.05, 4.69) is 5.32 Å². The second kappa shape index (κ2) is 6.02. The Bertz CT molecular complexity index is 475. The van der Waals surface area contributed by atoms with Crippen LogP contribution in [-0.4, -0.2) is 22.2 Å². The highest BCUT2D eigenvalue weighted by Gasteiger charge is 2.25. The number of benzene rings is 1. The number of alkyl halides is 1. The Hall–Kier alpha value is -1.62. The third-order valence-corrected chi connectivity index (χ3v) is 3.86. The van der Waals surface area contributed by atoms with E-state index in [1.165, 1.54) is 24.3 Å². The summed E-state index contributed by atoms with van der Waals surface area (Å²) in [6, 6.07) is 5.55. The fourth-order valence-electron chi connectivity index (χ4n) is 2.23. The summed E-state index contributed by atoms with van der Waals surface area (Å²) >= 11 is 6.18. The van der Waals surface area contributed by atoms with Crippen molar-refractivity contribution in [2.75, 3.05) is 0 Å². The number of nitro benzene ring substituents is 1. The minimum absolute atomic E-state index is 0.0156. The number of carbonyl (C=O) groups is 1. The van der Waals surface area contributed by atoms with Gasteiger partial charge in [-0.2, -0.15) is 0 Å². The summed E-state index contributed by atoms with van der Waals surface area (Å²) < 4.78 is 0. The van der Waals surface area contributed by atoms with E-state index in [0.29, 0.717) is 5.56 Å². The van der Waals surface area contributed by atoms with Gasteiger partial charge in [0.15, 0.2) is 0 Å². The molecule has 0 heterocycles. The number of carbonyl (C=O) groups excluding carboxylic acids is 1. The molecule has 2 rings (SSSR count). The summed E-state index contributed by atoms with van der Waals surface area (Å²) in [5.74, 6) is -0.229. The maximum atomic E-state index is 12.0. The van der Waals surface area contributed by atoms with Crippen LogP contribution < -0.4 is 5.32 Å². The Morgan fingerprint density at radius 2 is 1.89 bits per heavy atom. The van der Waals surface area contributed by atoms with Crippen LogP contribution in [0.5, 0.6) is 0 Å². The van der Waals surface area contributed by atoms with Crippen molar-refractivity contribution in [3.8, 4) is 0 Å². The molecule has 1 N–H and O–H groups in total. The molecule has 2 atom stereocenters. The minimum Gasteiger partial charge on any atom is -0.348 e. The quantitative estimate of drug-likeness (QED) is 0.526. The Morgan fingerprint density at radius 3 is 2.47 bits per heavy atom. The molecule has 2 unspecified atom stereocenters. The molecule has 1 aromatic rings. The smallest absolute Gasteiger partial charge is 0.269 e. The lowest BCUT2D eigenvalue weighted by Gasteiger charge is -2.27. The molecular weight excluding hydrogens is 268 g/mol. The molecule has 6 heteroatoms. The van der Waals surface area contributed by atoms with Crippen LogP contribution in [0.4, 0.5) is 5.69 Å². The zero-order chi connectivity index (χ0) is 13.8. The molecule has 0 aromatic heterocycles. The monoisotopic (exact) mass is 282 g/mol. The highest BCUT2D eigenvalue weighted by molar-refractivity contribution is 6.21. The van der Waals surface area contributed by atoms with E-state index in [9.17, 15) is 14.9 Å². The van der Waals surface area contributed by atoms with Crippen LogP contribution in [0.2, 0.25) is 0 Å². The van der Waals surface area contributed by atoms with E-state index in [-0.39, 0.29) is 23.0 Å². The van der Waals surface area contributed by atoms with Gasteiger partial charge in [0.05, 0.1) is 10.3 Å². The van der Waals surface area contributed by atoms with Crippen molar-refractivity contribution in [2.45, 2.75) is 37.1 Å². The third-order valence-electron chi connectivity index (χ3n) is 3.34. The van der Waals surface area contributed by atoms with Gasteiger partial charge in [-0.15, -0.1) is 11.6 Å². The van der Waals surface area contributed by atoms with Crippen LogP contribution in [0.1, 0.15) is 36.0 Å². The predicted octanol–water partition coefficient (Wildman–Crippen LogP) is 2.87. The number of nitro groups is 1. The van der Waals surface area contributed by atoms with Crippen molar-refractivity contribution in [1.82, 2.24) is 5.32 Å². The summed E-state index contributed by atoms with van der Waals surface area (Å²) in [4.78, 5) is 22.0. The Balaban J connectivity index is 2.01. The van der Waals surface area contributed by atoms with Crippen molar-refractivity contribution in [3.05, 3.63) is 39.9 Å². The lowest BCUT2D eigenvalue weighted by Crippen LogP contribution is -2.42. The lowest BCUT2D eigenvalue weighted by molar-refractivity contribution is -0.384. The summed E-state index contributed by atoms with van der Waals surface area (Å²) in [7, 11) is 0. The maximum Gasteiger partial charge on any atom is 0.269 e. The normalized spacial score (nSPS) is 22.8. The molecule has 0 saturated heterocycles. The van der Waals surface area contributed by atoms with Gasteiger partial charge in [0, 0.05) is 23.7 Å². The van der Waals surface area contributed by atoms with E-state index in [0.717, 1.165) is 25.7 Å². The third kappa shape index (κ3) is 3.44. The minimum atomic E-state index is -0.488. The number of nitrogens with zero attached hydrogens (tertiary/aromatic N) is 1. The van der Waals surface area contributed by atoms with Gasteiger partial charge >= 0.3 is 0 Å². The standard InChI is InChI=1S/C13H15ClN2O3/c14-11-3-1-2-4-12(11)15-13(17)9-5-7-10(8-6-9)16(18)19/h5-8,11-12H,1-4H2,(H,15,17). The zero-order valence-electron chi connectivity index (χ0n) is 10.3. The number of halogens is 1. The number of hydrogen-bond acceptors (Lipinski definition) is 3. The van der Waals surface area contributed by atoms with Gasteiger partial charge in [-0.1, -0.05) is 12.8 Å². The van der Waals surface area contributed by atoms with Gasteiger partial charge in [-0.3, -0.25) is 14.9 Å². The number of amides is 1. The Morgan fingerprint density at radius 1 is 1.26 bits per heavy atom. The largest absolute Gasteiger partial charge is 0.348 e. The molecule has 0 aliphatic heterocycles. The van der Waals surface area contributed by atoms with Crippen LogP contribution in [0.25, 0.3) is 0 Å². The van der Waals surface area contributed by atoms with Gasteiger partial charge in [-0.05, 0) is 25.0 Å². The van der Waals surface area contributed by atoms with Gasteiger partial charge in [-0.25, -0.2) is 0 Å². The van der Waals surface area contributed by atoms with Gasteiger partial charge in [0.25, 0.3) is 11.6 Å². The van der Waals surface area contributed by atoms with E-state index >= 15 is 0 Å². The molecule has 0 radical (unpaired) electrons. The summed E-state index contributed by atoms with van der Waals surface area (Å²) in [6.07, 6.45) is 3.95. The fourth-order valence-corrected chi connectivity index (χ4v) is 2.58. The summed E-state index contributed by atoms with van der Waals surface area (Å²) in [5, 5.41) is 13.4. The maximum absolute atomic E-state index is 12.0. The van der Waals surface area contributed by atoms with E-state index in [1.54, 1.807) is 0 Å². The molecule has 102 valence electrons. The van der Waals surface area contributed by atoms with Gasteiger partial charge < -0.3 is 5.32 Å². The first-order chi connectivity index (χ1) is 9.08. The summed E-state index contributed by atoms with van der Waals surface area (Å²) in [5.41, 5.74) is 0.393. The number of rotatable bonds is 3. The van der Waals surface area contributed by atoms with Crippen molar-refractivity contribution in [3.63, 3.8) is 0 Å². The molecule has 1 aliphatic carbocycles. The second-order valence-corrected chi connectivity index (χ2v) is 5.24. The first kappa shape index (κ1) is 13.8. The van der Waals surface area contributed by atoms with Gasteiger partial charge in [0.2, 0.25) is 0 Å². The Labute approximate surface area is 116 Å². The molecule has 1 fully saturated rings. The van der Waals surface area contributed by atoms with Crippen LogP contribution in [-0.2, 0) is 0 Å². The Kier molecular flexibility index (Phi) is 4.37. The van der Waals surface area contributed by atoms with Crippen molar-refractivity contribution < 1.29 is 9.72 Å². The zero-order valence-corrected chi connectivity index (χ0v) is 11.1. The topological polar surface area (TPSA) is 72.2 Å². The van der Waals surface area contributed by atoms with E-state index < -0.39 is 4.92 Å². The first-order valence-corrected chi connectivity index (χ1v) is 6.71. The molecule has 19 heavy (non-hydrogen) atoms. The highest BCUT2D eigenvalue weighted by atomic mass is 35.5. The van der Waals surface area contributed by atoms with Gasteiger partial charge in [0.1, 0.15) is 0 Å². The lowest BCUT2D eigenvalue weighted by atomic mass is 9.94. The van der Waals surface area contributed by atoms with Crippen LogP contribution >= 0.6 is 11.6 Å². The molecule has 0 bridgehead atoms. The molecule has 1 amide bonds. The van der Waals surface area contributed by atoms with Crippen molar-refractivity contribution >= 4 is 23.2 Å². The fraction of sp³-hybridized carbons (Fsp3) is 0.462. The second-order valence-electron chi connectivity index (χ2n) is 4.68. The molecule has 5 nitrogen and oxygen atoms in total.